The number of nitrogens with two attached hydrogens (primary N) is 2. The highest BCUT2D eigenvalue weighted by Gasteiger charge is 2.14. The number of nitrogen functional groups attached to an aromatic ring is 1. The van der Waals surface area contributed by atoms with Gasteiger partial charge in [0.05, 0.1) is 5.56 Å². The van der Waals surface area contributed by atoms with Crippen molar-refractivity contribution >= 4 is 11.7 Å². The molecule has 0 saturated carbocycles. The third kappa shape index (κ3) is 1.77. The number of carbonyl (C=O) groups is 1. The van der Waals surface area contributed by atoms with Crippen LogP contribution >= 0.6 is 0 Å². The molecule has 0 fully saturated rings. The van der Waals surface area contributed by atoms with Crippen LogP contribution in [0.1, 0.15) is 28.9 Å². The Bertz CT molecular complexity index is 375. The zero-order chi connectivity index (χ0) is 10.9. The molecule has 6 N–H and O–H groups in total. The van der Waals surface area contributed by atoms with Crippen LogP contribution in [0.3, 0.4) is 0 Å². The highest BCUT2D eigenvalue weighted by Crippen LogP contribution is 2.28. The molecule has 0 aliphatic rings. The van der Waals surface area contributed by atoms with Crippen molar-refractivity contribution in [2.75, 3.05) is 5.73 Å². The lowest BCUT2D eigenvalue weighted by molar-refractivity contribution is 0.0697. The van der Waals surface area contributed by atoms with Gasteiger partial charge in [0.2, 0.25) is 0 Å². The average molecular weight is 196 g/mol. The summed E-state index contributed by atoms with van der Waals surface area (Å²) in [5.41, 5.74) is 11.4. The number of phenolic OH excluding ortho intramolecular Hbond substituents is 1. The lowest BCUT2D eigenvalue weighted by Gasteiger charge is -2.10. The summed E-state index contributed by atoms with van der Waals surface area (Å²) in [7, 11) is 0. The summed E-state index contributed by atoms with van der Waals surface area (Å²) in [6.07, 6.45) is 0. The molecule has 5 nitrogen and oxygen atoms in total. The standard InChI is InChI=1S/C9H12N2O3/c1-4(10)5-2-7(11)6(9(13)14)3-8(5)12/h2-4,12H,10-11H2,1H3,(H,13,14)/t4-/m1/s1. The number of phenols is 1. The number of anilines is 1. The number of aromatic hydroxyl groups is 1. The van der Waals surface area contributed by atoms with Crippen molar-refractivity contribution in [3.05, 3.63) is 23.3 Å². The summed E-state index contributed by atoms with van der Waals surface area (Å²) in [6, 6.07) is 2.10. The second-order valence-electron chi connectivity index (χ2n) is 3.09. The van der Waals surface area contributed by atoms with Gasteiger partial charge in [-0.25, -0.2) is 4.79 Å². The molecule has 0 spiro atoms. The van der Waals surface area contributed by atoms with Crippen LogP contribution in [0.15, 0.2) is 12.1 Å². The molecule has 14 heavy (non-hydrogen) atoms. The smallest absolute Gasteiger partial charge is 0.337 e. The molecule has 0 radical (unpaired) electrons. The number of carboxylic acids is 1. The molecule has 0 saturated heterocycles. The normalized spacial score (nSPS) is 12.4. The van der Waals surface area contributed by atoms with E-state index in [1.807, 2.05) is 0 Å². The molecule has 0 bridgehead atoms. The third-order valence-corrected chi connectivity index (χ3v) is 1.92. The largest absolute Gasteiger partial charge is 0.508 e. The van der Waals surface area contributed by atoms with Crippen LogP contribution in [0.5, 0.6) is 5.75 Å². The second kappa shape index (κ2) is 3.55. The highest BCUT2D eigenvalue weighted by molar-refractivity contribution is 5.94. The molecular formula is C9H12N2O3. The predicted octanol–water partition coefficient (Wildman–Crippen LogP) is 0.692. The summed E-state index contributed by atoms with van der Waals surface area (Å²) >= 11 is 0. The number of carboxylic acid groups (broad SMARTS) is 1. The maximum absolute atomic E-state index is 10.6. The van der Waals surface area contributed by atoms with E-state index >= 15 is 0 Å². The number of hydrogen-bond acceptors (Lipinski definition) is 4. The first-order valence-corrected chi connectivity index (χ1v) is 4.04. The van der Waals surface area contributed by atoms with Crippen LogP contribution in [0.4, 0.5) is 5.69 Å². The minimum Gasteiger partial charge on any atom is -0.508 e. The van der Waals surface area contributed by atoms with Crippen LogP contribution in [0.25, 0.3) is 0 Å². The maximum atomic E-state index is 10.6. The minimum atomic E-state index is -1.17. The molecule has 0 unspecified atom stereocenters. The first-order chi connectivity index (χ1) is 6.43. The SMILES string of the molecule is C[C@@H](N)c1cc(N)c(C(=O)O)cc1O. The van der Waals surface area contributed by atoms with Crippen molar-refractivity contribution < 1.29 is 15.0 Å². The van der Waals surface area contributed by atoms with E-state index < -0.39 is 5.97 Å². The van der Waals surface area contributed by atoms with Crippen LogP contribution in [0.2, 0.25) is 0 Å². The monoisotopic (exact) mass is 196 g/mol. The van der Waals surface area contributed by atoms with Crippen molar-refractivity contribution in [1.29, 1.82) is 0 Å². The fourth-order valence-electron chi connectivity index (χ4n) is 1.17. The second-order valence-corrected chi connectivity index (χ2v) is 3.09. The van der Waals surface area contributed by atoms with Gasteiger partial charge in [-0.15, -0.1) is 0 Å². The van der Waals surface area contributed by atoms with Crippen molar-refractivity contribution in [1.82, 2.24) is 0 Å². The Morgan fingerprint density at radius 1 is 1.50 bits per heavy atom. The Kier molecular flexibility index (Phi) is 2.62. The molecule has 1 rings (SSSR count). The third-order valence-electron chi connectivity index (χ3n) is 1.92. The molecule has 0 aliphatic carbocycles. The van der Waals surface area contributed by atoms with Gasteiger partial charge < -0.3 is 21.7 Å². The van der Waals surface area contributed by atoms with Crippen LogP contribution < -0.4 is 11.5 Å². The Balaban J connectivity index is 3.31. The molecule has 0 heterocycles. The summed E-state index contributed by atoms with van der Waals surface area (Å²) < 4.78 is 0. The van der Waals surface area contributed by atoms with E-state index in [0.717, 1.165) is 6.07 Å². The molecule has 1 aromatic carbocycles. The Morgan fingerprint density at radius 2 is 2.07 bits per heavy atom. The fourth-order valence-corrected chi connectivity index (χ4v) is 1.17. The highest BCUT2D eigenvalue weighted by atomic mass is 16.4. The van der Waals surface area contributed by atoms with Gasteiger partial charge in [-0.3, -0.25) is 0 Å². The van der Waals surface area contributed by atoms with Crippen LogP contribution in [-0.2, 0) is 0 Å². The number of rotatable bonds is 2. The fraction of sp³-hybridized carbons (Fsp3) is 0.222. The Morgan fingerprint density at radius 3 is 2.50 bits per heavy atom. The van der Waals surface area contributed by atoms with E-state index in [1.165, 1.54) is 6.07 Å². The summed E-state index contributed by atoms with van der Waals surface area (Å²) in [4.78, 5) is 10.6. The van der Waals surface area contributed by atoms with Gasteiger partial charge >= 0.3 is 5.97 Å². The zero-order valence-corrected chi connectivity index (χ0v) is 7.69. The maximum Gasteiger partial charge on any atom is 0.337 e. The summed E-state index contributed by atoms with van der Waals surface area (Å²) in [6.45, 7) is 1.68. The molecule has 1 atom stereocenters. The van der Waals surface area contributed by atoms with E-state index in [2.05, 4.69) is 0 Å². The Hall–Kier alpha value is -1.75. The van der Waals surface area contributed by atoms with E-state index in [1.54, 1.807) is 6.92 Å². The number of aromatic carboxylic acids is 1. The van der Waals surface area contributed by atoms with Crippen molar-refractivity contribution in [3.8, 4) is 5.75 Å². The Labute approximate surface area is 81.0 Å². The van der Waals surface area contributed by atoms with Crippen molar-refractivity contribution in [2.24, 2.45) is 5.73 Å². The molecule has 1 aromatic rings. The van der Waals surface area contributed by atoms with E-state index in [4.69, 9.17) is 16.6 Å². The van der Waals surface area contributed by atoms with Crippen LogP contribution in [0, 0.1) is 0 Å². The van der Waals surface area contributed by atoms with Crippen LogP contribution in [-0.4, -0.2) is 16.2 Å². The molecular weight excluding hydrogens is 184 g/mol. The van der Waals surface area contributed by atoms with E-state index in [-0.39, 0.29) is 23.0 Å². The van der Waals surface area contributed by atoms with Gasteiger partial charge in [0.25, 0.3) is 0 Å². The van der Waals surface area contributed by atoms with E-state index in [9.17, 15) is 9.90 Å². The first-order valence-electron chi connectivity index (χ1n) is 4.04. The van der Waals surface area contributed by atoms with Gasteiger partial charge in [-0.05, 0) is 19.1 Å². The average Bonchev–Trinajstić information content (AvgIpc) is 2.07. The van der Waals surface area contributed by atoms with Gasteiger partial charge in [0.1, 0.15) is 5.75 Å². The molecule has 0 aromatic heterocycles. The quantitative estimate of drug-likeness (QED) is 0.411. The van der Waals surface area contributed by atoms with Gasteiger partial charge in [0.15, 0.2) is 0 Å². The first kappa shape index (κ1) is 10.3. The lowest BCUT2D eigenvalue weighted by atomic mass is 10.0. The number of hydrogen-bond donors (Lipinski definition) is 4. The minimum absolute atomic E-state index is 0.0996. The lowest BCUT2D eigenvalue weighted by Crippen LogP contribution is -2.09. The van der Waals surface area contributed by atoms with Gasteiger partial charge in [0, 0.05) is 17.3 Å². The molecule has 0 aliphatic heterocycles. The van der Waals surface area contributed by atoms with Gasteiger partial charge in [-0.1, -0.05) is 0 Å². The predicted molar refractivity (Wildman–Crippen MR) is 52.1 cm³/mol. The summed E-state index contributed by atoms with van der Waals surface area (Å²) in [5.74, 6) is -1.32. The van der Waals surface area contributed by atoms with E-state index in [0.29, 0.717) is 5.56 Å². The number of benzene rings is 1. The molecule has 0 amide bonds. The van der Waals surface area contributed by atoms with Gasteiger partial charge in [-0.2, -0.15) is 0 Å². The zero-order valence-electron chi connectivity index (χ0n) is 7.69. The summed E-state index contributed by atoms with van der Waals surface area (Å²) in [5, 5.41) is 18.1. The molecule has 76 valence electrons. The van der Waals surface area contributed by atoms with Crippen molar-refractivity contribution in [3.63, 3.8) is 0 Å². The van der Waals surface area contributed by atoms with Crippen molar-refractivity contribution in [2.45, 2.75) is 13.0 Å². The molecule has 5 heteroatoms. The topological polar surface area (TPSA) is 110 Å².